The number of carbonyl (C=O) groups is 1. The quantitative estimate of drug-likeness (QED) is 0.371. The van der Waals surface area contributed by atoms with Crippen molar-refractivity contribution in [3.05, 3.63) is 0 Å². The van der Waals surface area contributed by atoms with Gasteiger partial charge in [-0.3, -0.25) is 4.79 Å². The summed E-state index contributed by atoms with van der Waals surface area (Å²) in [5.74, 6) is -0.342. The highest BCUT2D eigenvalue weighted by atomic mass is 35.5. The first kappa shape index (κ1) is 19.9. The Morgan fingerprint density at radius 1 is 0.900 bits per heavy atom. The molecule has 0 fully saturated rings. The molecule has 0 aromatic heterocycles. The zero-order chi connectivity index (χ0) is 15.2. The molecule has 0 saturated heterocycles. The molecule has 0 rings (SSSR count). The number of nitrogens with zero attached hydrogens (tertiary/aromatic N) is 1. The summed E-state index contributed by atoms with van der Waals surface area (Å²) in [6, 6.07) is 0. The van der Waals surface area contributed by atoms with Crippen molar-refractivity contribution in [3.8, 4) is 0 Å². The fraction of sp³-hybridized carbons (Fsp3) is 0.917. The molecule has 0 unspecified atom stereocenters. The Labute approximate surface area is 130 Å². The van der Waals surface area contributed by atoms with E-state index in [9.17, 15) is 4.79 Å². The van der Waals surface area contributed by atoms with E-state index in [1.54, 1.807) is 14.2 Å². The van der Waals surface area contributed by atoms with E-state index < -0.39 is 4.84 Å². The number of carbonyl (C=O) groups excluding carboxylic acids is 1. The van der Waals surface area contributed by atoms with E-state index in [-0.39, 0.29) is 5.91 Å². The minimum absolute atomic E-state index is 0.342. The van der Waals surface area contributed by atoms with Crippen LogP contribution in [0.15, 0.2) is 0 Å². The number of methoxy groups -OCH3 is 2. The maximum Gasteiger partial charge on any atom is 0.256 e. The summed E-state index contributed by atoms with van der Waals surface area (Å²) in [7, 11) is 3.18. The maximum atomic E-state index is 11.7. The van der Waals surface area contributed by atoms with E-state index in [4.69, 9.17) is 42.1 Å². The van der Waals surface area contributed by atoms with Crippen molar-refractivity contribution >= 4 is 29.1 Å². The van der Waals surface area contributed by atoms with Gasteiger partial charge in [0.05, 0.1) is 39.6 Å². The van der Waals surface area contributed by atoms with Gasteiger partial charge in [0.1, 0.15) is 0 Å². The molecule has 6 nitrogen and oxygen atoms in total. The van der Waals surface area contributed by atoms with E-state index in [2.05, 4.69) is 0 Å². The number of ether oxygens (including phenoxy) is 4. The Balaban J connectivity index is 3.71. The van der Waals surface area contributed by atoms with Crippen LogP contribution in [0.5, 0.6) is 0 Å². The first-order chi connectivity index (χ1) is 9.63. The lowest BCUT2D eigenvalue weighted by molar-refractivity contribution is -0.130. The van der Waals surface area contributed by atoms with Crippen molar-refractivity contribution in [3.63, 3.8) is 0 Å². The molecule has 0 aliphatic rings. The van der Waals surface area contributed by atoms with E-state index in [0.717, 1.165) is 0 Å². The highest BCUT2D eigenvalue weighted by molar-refractivity contribution is 6.53. The molecule has 0 bridgehead atoms. The average molecular weight is 332 g/mol. The summed E-state index contributed by atoms with van der Waals surface area (Å²) in [5.41, 5.74) is 0. The van der Waals surface area contributed by atoms with Gasteiger partial charge in [-0.05, 0) is 0 Å². The van der Waals surface area contributed by atoms with Crippen molar-refractivity contribution in [2.75, 3.05) is 67.0 Å². The van der Waals surface area contributed by atoms with Gasteiger partial charge in [-0.2, -0.15) is 0 Å². The highest BCUT2D eigenvalue weighted by Crippen LogP contribution is 2.06. The fourth-order valence-electron chi connectivity index (χ4n) is 1.31. The molecule has 20 heavy (non-hydrogen) atoms. The number of hydrogen-bond donors (Lipinski definition) is 0. The van der Waals surface area contributed by atoms with Gasteiger partial charge in [-0.1, -0.05) is 23.2 Å². The third-order valence-corrected chi connectivity index (χ3v) is 2.75. The summed E-state index contributed by atoms with van der Waals surface area (Å²) in [5, 5.41) is 0. The highest BCUT2D eigenvalue weighted by Gasteiger charge is 2.19. The van der Waals surface area contributed by atoms with E-state index in [1.165, 1.54) is 4.90 Å². The lowest BCUT2D eigenvalue weighted by Gasteiger charge is -2.22. The van der Waals surface area contributed by atoms with Crippen LogP contribution in [0.25, 0.3) is 0 Å². The molecular formula is C12H23Cl2NO5. The summed E-state index contributed by atoms with van der Waals surface area (Å²) in [4.78, 5) is 12.1. The Morgan fingerprint density at radius 2 is 1.40 bits per heavy atom. The summed E-state index contributed by atoms with van der Waals surface area (Å²) >= 11 is 11.1. The van der Waals surface area contributed by atoms with Crippen LogP contribution >= 0.6 is 23.2 Å². The van der Waals surface area contributed by atoms with Crippen LogP contribution in [-0.2, 0) is 23.7 Å². The molecule has 8 heteroatoms. The lowest BCUT2D eigenvalue weighted by Crippen LogP contribution is -2.39. The second-order valence-corrected chi connectivity index (χ2v) is 4.93. The van der Waals surface area contributed by atoms with Gasteiger partial charge >= 0.3 is 0 Å². The number of halogens is 2. The van der Waals surface area contributed by atoms with Crippen molar-refractivity contribution in [2.45, 2.75) is 4.84 Å². The standard InChI is InChI=1S/C12H23Cl2NO5/c1-17-5-3-15(12(16)11(13)14)4-6-19-9-10-20-8-7-18-2/h11H,3-10H2,1-2H3. The molecule has 0 radical (unpaired) electrons. The largest absolute Gasteiger partial charge is 0.383 e. The van der Waals surface area contributed by atoms with Crippen LogP contribution in [-0.4, -0.2) is 82.6 Å². The molecule has 0 aromatic rings. The van der Waals surface area contributed by atoms with E-state index in [1.807, 2.05) is 0 Å². The minimum atomic E-state index is -1.07. The van der Waals surface area contributed by atoms with Gasteiger partial charge in [0.15, 0.2) is 4.84 Å². The van der Waals surface area contributed by atoms with Crippen molar-refractivity contribution in [1.29, 1.82) is 0 Å². The maximum absolute atomic E-state index is 11.7. The second kappa shape index (κ2) is 13.9. The normalized spacial score (nSPS) is 11.1. The number of rotatable bonds is 13. The van der Waals surface area contributed by atoms with Crippen LogP contribution < -0.4 is 0 Å². The Morgan fingerprint density at radius 3 is 1.95 bits per heavy atom. The van der Waals surface area contributed by atoms with Crippen LogP contribution in [0.4, 0.5) is 0 Å². The predicted molar refractivity (Wildman–Crippen MR) is 77.5 cm³/mol. The minimum Gasteiger partial charge on any atom is -0.383 e. The molecule has 0 spiro atoms. The zero-order valence-corrected chi connectivity index (χ0v) is 13.5. The second-order valence-electron chi connectivity index (χ2n) is 3.84. The number of hydrogen-bond acceptors (Lipinski definition) is 5. The van der Waals surface area contributed by atoms with Crippen molar-refractivity contribution in [1.82, 2.24) is 4.90 Å². The summed E-state index contributed by atoms with van der Waals surface area (Å²) in [6.45, 7) is 3.71. The van der Waals surface area contributed by atoms with Gasteiger partial charge in [0.25, 0.3) is 5.91 Å². The SMILES string of the molecule is COCCOCCOCCN(CCOC)C(=O)C(Cl)Cl. The van der Waals surface area contributed by atoms with E-state index >= 15 is 0 Å². The van der Waals surface area contributed by atoms with E-state index in [0.29, 0.717) is 52.7 Å². The molecule has 0 heterocycles. The molecule has 0 aliphatic carbocycles. The number of amides is 1. The third-order valence-electron chi connectivity index (χ3n) is 2.37. The monoisotopic (exact) mass is 331 g/mol. The molecule has 0 aromatic carbocycles. The topological polar surface area (TPSA) is 57.2 Å². The molecule has 0 saturated carbocycles. The first-order valence-electron chi connectivity index (χ1n) is 6.33. The molecule has 0 aliphatic heterocycles. The third kappa shape index (κ3) is 10.7. The molecule has 120 valence electrons. The summed E-state index contributed by atoms with van der Waals surface area (Å²) < 4.78 is 20.4. The number of alkyl halides is 2. The Kier molecular flexibility index (Phi) is 13.8. The van der Waals surface area contributed by atoms with Crippen LogP contribution in [0.3, 0.4) is 0 Å². The smallest absolute Gasteiger partial charge is 0.256 e. The van der Waals surface area contributed by atoms with Crippen LogP contribution in [0.2, 0.25) is 0 Å². The first-order valence-corrected chi connectivity index (χ1v) is 7.21. The molecular weight excluding hydrogens is 309 g/mol. The van der Waals surface area contributed by atoms with Gasteiger partial charge in [0.2, 0.25) is 0 Å². The van der Waals surface area contributed by atoms with Crippen LogP contribution in [0, 0.1) is 0 Å². The van der Waals surface area contributed by atoms with Crippen LogP contribution in [0.1, 0.15) is 0 Å². The molecule has 0 atom stereocenters. The average Bonchev–Trinajstić information content (AvgIpc) is 2.44. The van der Waals surface area contributed by atoms with Gasteiger partial charge in [0, 0.05) is 27.3 Å². The van der Waals surface area contributed by atoms with Crippen molar-refractivity contribution in [2.24, 2.45) is 0 Å². The fourth-order valence-corrected chi connectivity index (χ4v) is 1.59. The molecule has 0 N–H and O–H groups in total. The van der Waals surface area contributed by atoms with Crippen molar-refractivity contribution < 1.29 is 23.7 Å². The van der Waals surface area contributed by atoms with Gasteiger partial charge in [-0.25, -0.2) is 0 Å². The molecule has 1 amide bonds. The summed E-state index contributed by atoms with van der Waals surface area (Å²) in [6.07, 6.45) is 0. The zero-order valence-electron chi connectivity index (χ0n) is 12.0. The lowest BCUT2D eigenvalue weighted by atomic mass is 10.4. The Bertz CT molecular complexity index is 244. The predicted octanol–water partition coefficient (Wildman–Crippen LogP) is 0.945. The van der Waals surface area contributed by atoms with Gasteiger partial charge < -0.3 is 23.8 Å². The van der Waals surface area contributed by atoms with Gasteiger partial charge in [-0.15, -0.1) is 0 Å². The Hall–Kier alpha value is -0.110.